The van der Waals surface area contributed by atoms with Crippen molar-refractivity contribution in [2.45, 2.75) is 32.2 Å². The Kier molecular flexibility index (Phi) is 3.12. The van der Waals surface area contributed by atoms with Gasteiger partial charge in [-0.1, -0.05) is 15.9 Å². The van der Waals surface area contributed by atoms with E-state index in [1.165, 1.54) is 25.1 Å². The number of imidazole rings is 1. The molecule has 0 bridgehead atoms. The third-order valence-electron chi connectivity index (χ3n) is 3.52. The van der Waals surface area contributed by atoms with E-state index in [-0.39, 0.29) is 0 Å². The fraction of sp³-hybridized carbons (Fsp3) is 0.357. The molecule has 2 aromatic rings. The van der Waals surface area contributed by atoms with Gasteiger partial charge >= 0.3 is 0 Å². The van der Waals surface area contributed by atoms with Gasteiger partial charge in [-0.15, -0.1) is 0 Å². The second-order valence-corrected chi connectivity index (χ2v) is 5.70. The summed E-state index contributed by atoms with van der Waals surface area (Å²) >= 11 is 3.47. The van der Waals surface area contributed by atoms with E-state index < -0.39 is 0 Å². The van der Waals surface area contributed by atoms with E-state index in [0.29, 0.717) is 0 Å². The van der Waals surface area contributed by atoms with E-state index in [1.54, 1.807) is 0 Å². The lowest BCUT2D eigenvalue weighted by Crippen LogP contribution is -2.35. The maximum Gasteiger partial charge on any atom is 0.263 e. The molecule has 0 saturated heterocycles. The summed E-state index contributed by atoms with van der Waals surface area (Å²) in [4.78, 5) is 0. The van der Waals surface area contributed by atoms with Gasteiger partial charge in [0.05, 0.1) is 6.54 Å². The second-order valence-electron chi connectivity index (χ2n) is 4.79. The molecule has 0 fully saturated rings. The molecule has 2 N–H and O–H groups in total. The molecule has 0 saturated carbocycles. The first kappa shape index (κ1) is 11.8. The molecule has 0 aliphatic carbocycles. The Hall–Kier alpha value is -1.29. The van der Waals surface area contributed by atoms with Crippen molar-refractivity contribution in [3.05, 3.63) is 40.8 Å². The second kappa shape index (κ2) is 4.76. The van der Waals surface area contributed by atoms with Crippen molar-refractivity contribution in [3.8, 4) is 5.69 Å². The van der Waals surface area contributed by atoms with Crippen LogP contribution in [0.25, 0.3) is 5.69 Å². The molecule has 1 aromatic heterocycles. The van der Waals surface area contributed by atoms with Crippen LogP contribution in [0.3, 0.4) is 0 Å². The summed E-state index contributed by atoms with van der Waals surface area (Å²) in [5.41, 5.74) is 7.32. The van der Waals surface area contributed by atoms with Gasteiger partial charge in [0.1, 0.15) is 5.69 Å². The third-order valence-corrected chi connectivity index (χ3v) is 4.05. The van der Waals surface area contributed by atoms with E-state index in [1.807, 2.05) is 0 Å². The molecule has 0 spiro atoms. The van der Waals surface area contributed by atoms with E-state index in [9.17, 15) is 0 Å². The van der Waals surface area contributed by atoms with Crippen LogP contribution in [-0.2, 0) is 13.0 Å². The smallest absolute Gasteiger partial charge is 0.263 e. The maximum absolute atomic E-state index is 6.17. The number of aryl methyl sites for hydroxylation is 1. The zero-order valence-electron chi connectivity index (χ0n) is 10.3. The van der Waals surface area contributed by atoms with E-state index in [4.69, 9.17) is 5.73 Å². The molecule has 0 unspecified atom stereocenters. The average Bonchev–Trinajstić information content (AvgIpc) is 2.54. The first-order valence-electron chi connectivity index (χ1n) is 6.41. The Labute approximate surface area is 115 Å². The number of hydrogen-bond donors (Lipinski definition) is 1. The fourth-order valence-electron chi connectivity index (χ4n) is 2.65. The average molecular weight is 307 g/mol. The Balaban J connectivity index is 2.11. The number of nitrogen functional groups attached to an aromatic ring is 1. The quantitative estimate of drug-likeness (QED) is 0.808. The van der Waals surface area contributed by atoms with E-state index in [2.05, 4.69) is 55.5 Å². The van der Waals surface area contributed by atoms with Gasteiger partial charge in [0, 0.05) is 10.9 Å². The standard InChI is InChI=1S/C14H17BrN3/c15-11-5-7-12(8-6-11)18-13(16)10-17-9-3-1-2-4-14(17)18/h5-8,10H,1-4,9,16H2/q+1. The monoisotopic (exact) mass is 306 g/mol. The molecular weight excluding hydrogens is 290 g/mol. The molecule has 2 heterocycles. The van der Waals surface area contributed by atoms with Gasteiger partial charge in [-0.25, -0.2) is 4.57 Å². The summed E-state index contributed by atoms with van der Waals surface area (Å²) in [6, 6.07) is 8.32. The molecule has 94 valence electrons. The summed E-state index contributed by atoms with van der Waals surface area (Å²) in [7, 11) is 0. The number of halogens is 1. The van der Waals surface area contributed by atoms with Gasteiger partial charge in [-0.3, -0.25) is 0 Å². The highest BCUT2D eigenvalue weighted by Crippen LogP contribution is 2.21. The molecule has 0 radical (unpaired) electrons. The van der Waals surface area contributed by atoms with Crippen LogP contribution < -0.4 is 10.3 Å². The first-order chi connectivity index (χ1) is 8.75. The van der Waals surface area contributed by atoms with Gasteiger partial charge in [0.2, 0.25) is 5.82 Å². The molecule has 1 aromatic carbocycles. The van der Waals surface area contributed by atoms with Crippen molar-refractivity contribution in [2.75, 3.05) is 5.73 Å². The molecule has 1 aliphatic heterocycles. The normalized spacial score (nSPS) is 15.2. The maximum atomic E-state index is 6.17. The minimum atomic E-state index is 0.828. The van der Waals surface area contributed by atoms with Gasteiger partial charge in [-0.2, -0.15) is 4.57 Å². The summed E-state index contributed by atoms with van der Waals surface area (Å²) in [5, 5.41) is 0. The lowest BCUT2D eigenvalue weighted by molar-refractivity contribution is -0.702. The summed E-state index contributed by atoms with van der Waals surface area (Å²) in [6.07, 6.45) is 6.99. The third kappa shape index (κ3) is 2.05. The Morgan fingerprint density at radius 2 is 1.89 bits per heavy atom. The Morgan fingerprint density at radius 1 is 1.11 bits per heavy atom. The Bertz CT molecular complexity index is 557. The van der Waals surface area contributed by atoms with Crippen molar-refractivity contribution in [2.24, 2.45) is 0 Å². The summed E-state index contributed by atoms with van der Waals surface area (Å²) in [6.45, 7) is 1.09. The SMILES string of the molecule is Nc1c[n+]2c(n1-c1ccc(Br)cc1)CCCCC2. The summed E-state index contributed by atoms with van der Waals surface area (Å²) < 4.78 is 5.58. The van der Waals surface area contributed by atoms with Crippen molar-refractivity contribution < 1.29 is 4.57 Å². The highest BCUT2D eigenvalue weighted by molar-refractivity contribution is 9.10. The number of anilines is 1. The van der Waals surface area contributed by atoms with Crippen molar-refractivity contribution >= 4 is 21.7 Å². The molecule has 3 nitrogen and oxygen atoms in total. The number of fused-ring (bicyclic) bond motifs is 1. The molecular formula is C14H17BrN3+. The number of aromatic nitrogens is 2. The van der Waals surface area contributed by atoms with Gasteiger partial charge in [0.15, 0.2) is 6.20 Å². The van der Waals surface area contributed by atoms with E-state index >= 15 is 0 Å². The molecule has 18 heavy (non-hydrogen) atoms. The van der Waals surface area contributed by atoms with Gasteiger partial charge in [0.25, 0.3) is 5.82 Å². The molecule has 3 rings (SSSR count). The number of benzene rings is 1. The number of rotatable bonds is 1. The van der Waals surface area contributed by atoms with Crippen LogP contribution in [0.1, 0.15) is 25.1 Å². The van der Waals surface area contributed by atoms with Gasteiger partial charge < -0.3 is 5.73 Å². The van der Waals surface area contributed by atoms with Crippen LogP contribution in [0, 0.1) is 0 Å². The number of nitrogens with zero attached hydrogens (tertiary/aromatic N) is 2. The minimum absolute atomic E-state index is 0.828. The van der Waals surface area contributed by atoms with Crippen LogP contribution in [0.15, 0.2) is 34.9 Å². The molecule has 4 heteroatoms. The molecule has 0 atom stereocenters. The number of nitrogens with two attached hydrogens (primary N) is 1. The van der Waals surface area contributed by atoms with Crippen LogP contribution in [-0.4, -0.2) is 4.57 Å². The minimum Gasteiger partial charge on any atom is -0.363 e. The first-order valence-corrected chi connectivity index (χ1v) is 7.20. The number of hydrogen-bond acceptors (Lipinski definition) is 1. The predicted molar refractivity (Wildman–Crippen MR) is 75.6 cm³/mol. The van der Waals surface area contributed by atoms with Crippen molar-refractivity contribution in [3.63, 3.8) is 0 Å². The lowest BCUT2D eigenvalue weighted by Gasteiger charge is -2.02. The zero-order valence-corrected chi connectivity index (χ0v) is 11.9. The highest BCUT2D eigenvalue weighted by atomic mass is 79.9. The molecule has 0 amide bonds. The molecule has 1 aliphatic rings. The topological polar surface area (TPSA) is 34.8 Å². The van der Waals surface area contributed by atoms with E-state index in [0.717, 1.165) is 28.9 Å². The van der Waals surface area contributed by atoms with Crippen molar-refractivity contribution in [1.82, 2.24) is 4.57 Å². The highest BCUT2D eigenvalue weighted by Gasteiger charge is 2.24. The van der Waals surface area contributed by atoms with Crippen LogP contribution in [0.5, 0.6) is 0 Å². The van der Waals surface area contributed by atoms with Crippen molar-refractivity contribution in [1.29, 1.82) is 0 Å². The van der Waals surface area contributed by atoms with Crippen LogP contribution in [0.2, 0.25) is 0 Å². The van der Waals surface area contributed by atoms with Crippen LogP contribution >= 0.6 is 15.9 Å². The predicted octanol–water partition coefficient (Wildman–Crippen LogP) is 2.84. The summed E-state index contributed by atoms with van der Waals surface area (Å²) in [5.74, 6) is 2.15. The zero-order chi connectivity index (χ0) is 12.5. The lowest BCUT2D eigenvalue weighted by atomic mass is 10.2. The largest absolute Gasteiger partial charge is 0.363 e. The van der Waals surface area contributed by atoms with Gasteiger partial charge in [-0.05, 0) is 43.5 Å². The fourth-order valence-corrected chi connectivity index (χ4v) is 2.91. The van der Waals surface area contributed by atoms with Crippen LogP contribution in [0.4, 0.5) is 5.82 Å². The Morgan fingerprint density at radius 3 is 2.67 bits per heavy atom.